The molecule has 2 rings (SSSR count). The Morgan fingerprint density at radius 3 is 2.86 bits per heavy atom. The smallest absolute Gasteiger partial charge is 0.319 e. The number of urea groups is 1. The van der Waals surface area contributed by atoms with Crippen molar-refractivity contribution in [3.63, 3.8) is 0 Å². The summed E-state index contributed by atoms with van der Waals surface area (Å²) in [6.07, 6.45) is 3.00. The minimum atomic E-state index is -1.31. The van der Waals surface area contributed by atoms with Gasteiger partial charge in [0.2, 0.25) is 0 Å². The molecule has 1 atom stereocenters. The summed E-state index contributed by atoms with van der Waals surface area (Å²) in [6.45, 7) is 3.26. The first-order valence-electron chi connectivity index (χ1n) is 6.78. The highest BCUT2D eigenvalue weighted by molar-refractivity contribution is 5.89. The number of amides is 2. The summed E-state index contributed by atoms with van der Waals surface area (Å²) in [4.78, 5) is 23.4. The second kappa shape index (κ2) is 6.07. The van der Waals surface area contributed by atoms with E-state index in [1.807, 2.05) is 0 Å². The van der Waals surface area contributed by atoms with Crippen molar-refractivity contribution in [3.8, 4) is 0 Å². The zero-order valence-electron chi connectivity index (χ0n) is 12.7. The molecule has 2 heterocycles. The zero-order valence-corrected chi connectivity index (χ0v) is 12.7. The van der Waals surface area contributed by atoms with E-state index < -0.39 is 11.6 Å². The van der Waals surface area contributed by atoms with Gasteiger partial charge in [-0.2, -0.15) is 0 Å². The first kappa shape index (κ1) is 15.8. The van der Waals surface area contributed by atoms with E-state index in [4.69, 9.17) is 4.42 Å². The summed E-state index contributed by atoms with van der Waals surface area (Å²) in [5.41, 5.74) is -0.267. The van der Waals surface area contributed by atoms with E-state index in [1.165, 1.54) is 16.9 Å². The molecule has 0 spiro atoms. The summed E-state index contributed by atoms with van der Waals surface area (Å²) >= 11 is 0. The van der Waals surface area contributed by atoms with Crippen molar-refractivity contribution in [2.24, 2.45) is 7.05 Å². The molecule has 2 amide bonds. The van der Waals surface area contributed by atoms with E-state index in [0.29, 0.717) is 17.0 Å². The van der Waals surface area contributed by atoms with Crippen LogP contribution >= 0.6 is 0 Å². The SMILES string of the molecule is Cc1cc(=O)n(C)cc1NC(=O)NCC(C)(O)c1ccco1. The number of aryl methyl sites for hydroxylation is 2. The number of nitrogens with zero attached hydrogens (tertiary/aromatic N) is 1. The summed E-state index contributed by atoms with van der Waals surface area (Å²) in [5, 5.41) is 15.5. The minimum absolute atomic E-state index is 0.0167. The van der Waals surface area contributed by atoms with Gasteiger partial charge in [-0.1, -0.05) is 0 Å². The van der Waals surface area contributed by atoms with Crippen LogP contribution in [0.1, 0.15) is 18.2 Å². The monoisotopic (exact) mass is 305 g/mol. The van der Waals surface area contributed by atoms with Crippen LogP contribution < -0.4 is 16.2 Å². The molecule has 7 nitrogen and oxygen atoms in total. The minimum Gasteiger partial charge on any atom is -0.466 e. The maximum absolute atomic E-state index is 11.9. The molecule has 0 saturated carbocycles. The molecule has 0 bridgehead atoms. The van der Waals surface area contributed by atoms with Crippen LogP contribution in [0.4, 0.5) is 10.5 Å². The van der Waals surface area contributed by atoms with Crippen LogP contribution in [0.3, 0.4) is 0 Å². The van der Waals surface area contributed by atoms with Gasteiger partial charge >= 0.3 is 6.03 Å². The topological polar surface area (TPSA) is 96.5 Å². The van der Waals surface area contributed by atoms with Gasteiger partial charge in [-0.05, 0) is 31.5 Å². The van der Waals surface area contributed by atoms with Crippen molar-refractivity contribution >= 4 is 11.7 Å². The Hall–Kier alpha value is -2.54. The van der Waals surface area contributed by atoms with Crippen molar-refractivity contribution in [1.29, 1.82) is 0 Å². The molecule has 2 aromatic heterocycles. The van der Waals surface area contributed by atoms with E-state index >= 15 is 0 Å². The number of aliphatic hydroxyl groups is 1. The Balaban J connectivity index is 1.99. The Morgan fingerprint density at radius 1 is 1.50 bits per heavy atom. The summed E-state index contributed by atoms with van der Waals surface area (Å²) in [6, 6.07) is 4.26. The van der Waals surface area contributed by atoms with Gasteiger partial charge in [0, 0.05) is 19.3 Å². The van der Waals surface area contributed by atoms with E-state index in [9.17, 15) is 14.7 Å². The second-order valence-corrected chi connectivity index (χ2v) is 5.38. The Morgan fingerprint density at radius 2 is 2.23 bits per heavy atom. The van der Waals surface area contributed by atoms with Crippen LogP contribution in [-0.4, -0.2) is 22.2 Å². The molecule has 3 N–H and O–H groups in total. The van der Waals surface area contributed by atoms with E-state index in [0.717, 1.165) is 0 Å². The second-order valence-electron chi connectivity index (χ2n) is 5.38. The van der Waals surface area contributed by atoms with Gasteiger partial charge in [-0.15, -0.1) is 0 Å². The molecule has 7 heteroatoms. The highest BCUT2D eigenvalue weighted by atomic mass is 16.4. The summed E-state index contributed by atoms with van der Waals surface area (Å²) in [7, 11) is 1.60. The van der Waals surface area contributed by atoms with Crippen molar-refractivity contribution in [2.75, 3.05) is 11.9 Å². The van der Waals surface area contributed by atoms with E-state index in [1.54, 1.807) is 39.2 Å². The zero-order chi connectivity index (χ0) is 16.3. The fourth-order valence-electron chi connectivity index (χ4n) is 1.95. The molecule has 0 aliphatic rings. The number of hydrogen-bond acceptors (Lipinski definition) is 4. The lowest BCUT2D eigenvalue weighted by Crippen LogP contribution is -2.40. The molecule has 1 unspecified atom stereocenters. The Labute approximate surface area is 127 Å². The molecule has 0 saturated heterocycles. The molecule has 0 aliphatic heterocycles. The number of rotatable bonds is 4. The van der Waals surface area contributed by atoms with Crippen LogP contribution in [0.5, 0.6) is 0 Å². The van der Waals surface area contributed by atoms with Crippen LogP contribution in [0, 0.1) is 6.92 Å². The van der Waals surface area contributed by atoms with Gasteiger partial charge in [-0.3, -0.25) is 4.79 Å². The number of carbonyl (C=O) groups is 1. The fraction of sp³-hybridized carbons (Fsp3) is 0.333. The normalized spacial score (nSPS) is 13.5. The van der Waals surface area contributed by atoms with Crippen molar-refractivity contribution in [1.82, 2.24) is 9.88 Å². The van der Waals surface area contributed by atoms with Gasteiger partial charge in [0.25, 0.3) is 5.56 Å². The van der Waals surface area contributed by atoms with Crippen LogP contribution in [0.25, 0.3) is 0 Å². The molecule has 0 aliphatic carbocycles. The molecule has 2 aromatic rings. The third-order valence-electron chi connectivity index (χ3n) is 3.33. The standard InChI is InChI=1S/C15H19N3O4/c1-10-7-13(19)18(3)8-11(10)17-14(20)16-9-15(2,21)12-5-4-6-22-12/h4-8,21H,9H2,1-3H3,(H2,16,17,20). The lowest BCUT2D eigenvalue weighted by molar-refractivity contribution is 0.0372. The molecule has 0 fully saturated rings. The quantitative estimate of drug-likeness (QED) is 0.793. The predicted octanol–water partition coefficient (Wildman–Crippen LogP) is 1.32. The van der Waals surface area contributed by atoms with Gasteiger partial charge in [-0.25, -0.2) is 4.79 Å². The molecule has 118 valence electrons. The van der Waals surface area contributed by atoms with Crippen LogP contribution in [0.15, 0.2) is 39.9 Å². The van der Waals surface area contributed by atoms with Crippen molar-refractivity contribution in [2.45, 2.75) is 19.4 Å². The average Bonchev–Trinajstić information content (AvgIpc) is 2.98. The van der Waals surface area contributed by atoms with E-state index in [2.05, 4.69) is 10.6 Å². The van der Waals surface area contributed by atoms with Gasteiger partial charge in [0.15, 0.2) is 0 Å². The first-order chi connectivity index (χ1) is 10.3. The number of hydrogen-bond donors (Lipinski definition) is 3. The van der Waals surface area contributed by atoms with Crippen molar-refractivity contribution < 1.29 is 14.3 Å². The molecule has 0 aromatic carbocycles. The third-order valence-corrected chi connectivity index (χ3v) is 3.33. The number of pyridine rings is 1. The molecular formula is C15H19N3O4. The van der Waals surface area contributed by atoms with Crippen LogP contribution in [0.2, 0.25) is 0 Å². The Bertz CT molecular complexity index is 717. The van der Waals surface area contributed by atoms with E-state index in [-0.39, 0.29) is 12.1 Å². The van der Waals surface area contributed by atoms with Gasteiger partial charge in [0.05, 0.1) is 18.5 Å². The number of anilines is 1. The number of carbonyl (C=O) groups excluding carboxylic acids is 1. The highest BCUT2D eigenvalue weighted by Gasteiger charge is 2.26. The molecular weight excluding hydrogens is 286 g/mol. The summed E-state index contributed by atoms with van der Waals surface area (Å²) in [5.74, 6) is 0.367. The predicted molar refractivity (Wildman–Crippen MR) is 81.7 cm³/mol. The maximum atomic E-state index is 11.9. The maximum Gasteiger partial charge on any atom is 0.319 e. The van der Waals surface area contributed by atoms with Crippen molar-refractivity contribution in [3.05, 3.63) is 52.3 Å². The average molecular weight is 305 g/mol. The third kappa shape index (κ3) is 3.56. The number of aromatic nitrogens is 1. The first-order valence-corrected chi connectivity index (χ1v) is 6.78. The molecule has 22 heavy (non-hydrogen) atoms. The van der Waals surface area contributed by atoms with Crippen LogP contribution in [-0.2, 0) is 12.6 Å². The summed E-state index contributed by atoms with van der Waals surface area (Å²) < 4.78 is 6.51. The highest BCUT2D eigenvalue weighted by Crippen LogP contribution is 2.19. The molecule has 0 radical (unpaired) electrons. The number of furan rings is 1. The number of nitrogens with one attached hydrogen (secondary N) is 2. The Kier molecular flexibility index (Phi) is 4.37. The fourth-order valence-corrected chi connectivity index (χ4v) is 1.95. The van der Waals surface area contributed by atoms with Gasteiger partial charge < -0.3 is 24.7 Å². The lowest BCUT2D eigenvalue weighted by atomic mass is 10.0. The largest absolute Gasteiger partial charge is 0.466 e. The lowest BCUT2D eigenvalue weighted by Gasteiger charge is -2.21. The van der Waals surface area contributed by atoms with Gasteiger partial charge in [0.1, 0.15) is 11.4 Å².